The SMILES string of the molecule is CCCNC(C)c1cnc(-c2cc(C)c(Br)c(C)c2)s1. The molecule has 0 bridgehead atoms. The molecule has 0 aliphatic rings. The van der Waals surface area contributed by atoms with E-state index in [0.29, 0.717) is 6.04 Å². The third-order valence-electron chi connectivity index (χ3n) is 3.33. The highest BCUT2D eigenvalue weighted by Crippen LogP contribution is 2.32. The van der Waals surface area contributed by atoms with Gasteiger partial charge in [0.25, 0.3) is 0 Å². The molecule has 1 unspecified atom stereocenters. The van der Waals surface area contributed by atoms with Crippen molar-refractivity contribution in [2.45, 2.75) is 40.2 Å². The Balaban J connectivity index is 2.24. The molecule has 0 radical (unpaired) electrons. The second kappa shape index (κ2) is 6.83. The highest BCUT2D eigenvalue weighted by molar-refractivity contribution is 9.10. The van der Waals surface area contributed by atoms with E-state index < -0.39 is 0 Å². The molecular weight excluding hydrogens is 332 g/mol. The Hall–Kier alpha value is -0.710. The van der Waals surface area contributed by atoms with Gasteiger partial charge in [0.2, 0.25) is 0 Å². The van der Waals surface area contributed by atoms with Gasteiger partial charge in [-0.3, -0.25) is 0 Å². The highest BCUT2D eigenvalue weighted by Gasteiger charge is 2.12. The normalized spacial score (nSPS) is 12.7. The van der Waals surface area contributed by atoms with Gasteiger partial charge in [-0.2, -0.15) is 0 Å². The highest BCUT2D eigenvalue weighted by atomic mass is 79.9. The number of hydrogen-bond donors (Lipinski definition) is 1. The molecule has 1 N–H and O–H groups in total. The van der Waals surface area contributed by atoms with Crippen LogP contribution in [-0.4, -0.2) is 11.5 Å². The average Bonchev–Trinajstić information content (AvgIpc) is 2.91. The summed E-state index contributed by atoms with van der Waals surface area (Å²) in [6, 6.07) is 4.77. The van der Waals surface area contributed by atoms with Crippen molar-refractivity contribution in [2.75, 3.05) is 6.54 Å². The van der Waals surface area contributed by atoms with Crippen LogP contribution in [0.15, 0.2) is 22.8 Å². The lowest BCUT2D eigenvalue weighted by Crippen LogP contribution is -2.18. The van der Waals surface area contributed by atoms with Crippen molar-refractivity contribution in [3.8, 4) is 10.6 Å². The van der Waals surface area contributed by atoms with Gasteiger partial charge in [-0.15, -0.1) is 11.3 Å². The zero-order valence-corrected chi connectivity index (χ0v) is 14.9. The molecule has 0 saturated carbocycles. The van der Waals surface area contributed by atoms with Crippen molar-refractivity contribution in [3.05, 3.63) is 38.8 Å². The van der Waals surface area contributed by atoms with Crippen LogP contribution in [0.25, 0.3) is 10.6 Å². The quantitative estimate of drug-likeness (QED) is 0.794. The lowest BCUT2D eigenvalue weighted by Gasteiger charge is -2.10. The molecule has 0 fully saturated rings. The minimum atomic E-state index is 0.374. The van der Waals surface area contributed by atoms with Crippen LogP contribution in [0.2, 0.25) is 0 Å². The summed E-state index contributed by atoms with van der Waals surface area (Å²) >= 11 is 5.39. The van der Waals surface area contributed by atoms with Crippen molar-refractivity contribution in [1.82, 2.24) is 10.3 Å². The topological polar surface area (TPSA) is 24.9 Å². The number of benzene rings is 1. The first-order chi connectivity index (χ1) is 9.52. The molecule has 108 valence electrons. The Labute approximate surface area is 133 Å². The minimum absolute atomic E-state index is 0.374. The van der Waals surface area contributed by atoms with Crippen molar-refractivity contribution in [2.24, 2.45) is 0 Å². The molecule has 4 heteroatoms. The standard InChI is InChI=1S/C16H21BrN2S/c1-5-6-18-12(4)14-9-19-16(20-14)13-7-10(2)15(17)11(3)8-13/h7-9,12,18H,5-6H2,1-4H3. The number of hydrogen-bond acceptors (Lipinski definition) is 3. The Morgan fingerprint density at radius 1 is 1.30 bits per heavy atom. The average molecular weight is 353 g/mol. The maximum absolute atomic E-state index is 4.59. The molecule has 1 aromatic heterocycles. The van der Waals surface area contributed by atoms with Gasteiger partial charge in [0, 0.05) is 27.2 Å². The van der Waals surface area contributed by atoms with Crippen molar-refractivity contribution < 1.29 is 0 Å². The summed E-state index contributed by atoms with van der Waals surface area (Å²) in [5.41, 5.74) is 3.73. The van der Waals surface area contributed by atoms with E-state index >= 15 is 0 Å². The fraction of sp³-hybridized carbons (Fsp3) is 0.438. The molecule has 1 aromatic carbocycles. The summed E-state index contributed by atoms with van der Waals surface area (Å²) in [6.07, 6.45) is 3.15. The van der Waals surface area contributed by atoms with Crippen LogP contribution >= 0.6 is 27.3 Å². The molecule has 0 aliphatic heterocycles. The van der Waals surface area contributed by atoms with Gasteiger partial charge in [-0.1, -0.05) is 22.9 Å². The first-order valence-corrected chi connectivity index (χ1v) is 8.60. The van der Waals surface area contributed by atoms with E-state index in [4.69, 9.17) is 0 Å². The molecule has 2 aromatic rings. The molecule has 0 aliphatic carbocycles. The van der Waals surface area contributed by atoms with E-state index in [2.05, 4.69) is 66.1 Å². The monoisotopic (exact) mass is 352 g/mol. The zero-order chi connectivity index (χ0) is 14.7. The van der Waals surface area contributed by atoms with Crippen LogP contribution in [0.3, 0.4) is 0 Å². The second-order valence-corrected chi connectivity index (χ2v) is 7.02. The fourth-order valence-corrected chi connectivity index (χ4v) is 3.31. The Kier molecular flexibility index (Phi) is 5.35. The van der Waals surface area contributed by atoms with Crippen LogP contribution in [0.1, 0.15) is 42.3 Å². The van der Waals surface area contributed by atoms with Gasteiger partial charge < -0.3 is 5.32 Å². The third-order valence-corrected chi connectivity index (χ3v) is 5.81. The van der Waals surface area contributed by atoms with Crippen LogP contribution in [-0.2, 0) is 0 Å². The molecule has 20 heavy (non-hydrogen) atoms. The predicted molar refractivity (Wildman–Crippen MR) is 91.4 cm³/mol. The number of nitrogens with one attached hydrogen (secondary N) is 1. The largest absolute Gasteiger partial charge is 0.309 e. The number of aromatic nitrogens is 1. The Morgan fingerprint density at radius 2 is 1.95 bits per heavy atom. The lowest BCUT2D eigenvalue weighted by molar-refractivity contribution is 0.577. The van der Waals surface area contributed by atoms with E-state index in [-0.39, 0.29) is 0 Å². The molecule has 0 spiro atoms. The van der Waals surface area contributed by atoms with Crippen molar-refractivity contribution in [3.63, 3.8) is 0 Å². The number of aryl methyl sites for hydroxylation is 2. The van der Waals surface area contributed by atoms with Gasteiger partial charge >= 0.3 is 0 Å². The zero-order valence-electron chi connectivity index (χ0n) is 12.5. The summed E-state index contributed by atoms with van der Waals surface area (Å²) in [7, 11) is 0. The van der Waals surface area contributed by atoms with Crippen molar-refractivity contribution in [1.29, 1.82) is 0 Å². The summed E-state index contributed by atoms with van der Waals surface area (Å²) < 4.78 is 1.19. The molecule has 0 amide bonds. The molecule has 1 atom stereocenters. The second-order valence-electron chi connectivity index (χ2n) is 5.17. The third kappa shape index (κ3) is 3.48. The number of rotatable bonds is 5. The van der Waals surface area contributed by atoms with E-state index in [0.717, 1.165) is 18.0 Å². The van der Waals surface area contributed by atoms with Crippen LogP contribution in [0.5, 0.6) is 0 Å². The molecule has 1 heterocycles. The molecular formula is C16H21BrN2S. The van der Waals surface area contributed by atoms with Crippen LogP contribution in [0, 0.1) is 13.8 Å². The van der Waals surface area contributed by atoms with Gasteiger partial charge in [-0.25, -0.2) is 4.98 Å². The maximum atomic E-state index is 4.59. The maximum Gasteiger partial charge on any atom is 0.123 e. The summed E-state index contributed by atoms with van der Waals surface area (Å²) in [5.74, 6) is 0. The summed E-state index contributed by atoms with van der Waals surface area (Å²) in [5, 5.41) is 4.61. The number of halogens is 1. The number of nitrogens with zero attached hydrogens (tertiary/aromatic N) is 1. The van der Waals surface area contributed by atoms with Gasteiger partial charge in [0.1, 0.15) is 5.01 Å². The van der Waals surface area contributed by atoms with Gasteiger partial charge in [0.15, 0.2) is 0 Å². The first kappa shape index (κ1) is 15.7. The van der Waals surface area contributed by atoms with E-state index in [9.17, 15) is 0 Å². The first-order valence-electron chi connectivity index (χ1n) is 6.99. The van der Waals surface area contributed by atoms with Gasteiger partial charge in [0.05, 0.1) is 0 Å². The summed E-state index contributed by atoms with van der Waals surface area (Å²) in [6.45, 7) is 9.68. The van der Waals surface area contributed by atoms with E-state index in [1.165, 1.54) is 26.0 Å². The van der Waals surface area contributed by atoms with Crippen molar-refractivity contribution >= 4 is 27.3 Å². The molecule has 2 nitrogen and oxygen atoms in total. The smallest absolute Gasteiger partial charge is 0.123 e. The predicted octanol–water partition coefficient (Wildman–Crippen LogP) is 5.25. The summed E-state index contributed by atoms with van der Waals surface area (Å²) in [4.78, 5) is 5.89. The fourth-order valence-electron chi connectivity index (χ4n) is 2.15. The lowest BCUT2D eigenvalue weighted by atomic mass is 10.1. The minimum Gasteiger partial charge on any atom is -0.309 e. The van der Waals surface area contributed by atoms with E-state index in [1.54, 1.807) is 11.3 Å². The number of thiazole rings is 1. The molecule has 0 saturated heterocycles. The van der Waals surface area contributed by atoms with E-state index in [1.807, 2.05) is 6.20 Å². The van der Waals surface area contributed by atoms with Crippen LogP contribution < -0.4 is 5.32 Å². The Morgan fingerprint density at radius 3 is 2.55 bits per heavy atom. The molecule has 2 rings (SSSR count). The van der Waals surface area contributed by atoms with Crippen LogP contribution in [0.4, 0.5) is 0 Å². The Bertz CT molecular complexity index is 569. The van der Waals surface area contributed by atoms with Gasteiger partial charge in [-0.05, 0) is 57.0 Å².